The monoisotopic (exact) mass is 340 g/mol. The molecule has 2 atom stereocenters. The fraction of sp³-hybridized carbons (Fsp3) is 0.500. The molecule has 1 amide bonds. The minimum Gasteiger partial charge on any atom is -0.335 e. The first-order valence-electron chi connectivity index (χ1n) is 9.06. The molecule has 1 aromatic heterocycles. The van der Waals surface area contributed by atoms with Gasteiger partial charge in [-0.1, -0.05) is 25.0 Å². The number of aromatic nitrogens is 1. The van der Waals surface area contributed by atoms with Crippen LogP contribution in [0.1, 0.15) is 54.6 Å². The summed E-state index contributed by atoms with van der Waals surface area (Å²) in [5.74, 6) is 0.947. The standard InChI is InChI=1S/C20H24N2OS/c1-14-13-24-19(21-14)16-8-10-17(11-9-16)20(23)22-12-4-6-15-5-2-3-7-18(15)22/h8-11,13,15,18H,2-7,12H2,1H3/t15-,18-/m1/s1. The highest BCUT2D eigenvalue weighted by atomic mass is 32.1. The summed E-state index contributed by atoms with van der Waals surface area (Å²) in [6.45, 7) is 2.93. The second-order valence-corrected chi connectivity index (χ2v) is 7.98. The average Bonchev–Trinajstić information content (AvgIpc) is 3.07. The summed E-state index contributed by atoms with van der Waals surface area (Å²) in [4.78, 5) is 19.7. The number of carbonyl (C=O) groups is 1. The van der Waals surface area contributed by atoms with Crippen LogP contribution < -0.4 is 0 Å². The Kier molecular flexibility index (Phi) is 4.40. The van der Waals surface area contributed by atoms with Crippen molar-refractivity contribution >= 4 is 17.2 Å². The van der Waals surface area contributed by atoms with Gasteiger partial charge in [0.05, 0.1) is 0 Å². The van der Waals surface area contributed by atoms with E-state index in [9.17, 15) is 4.79 Å². The summed E-state index contributed by atoms with van der Waals surface area (Å²) in [6.07, 6.45) is 7.56. The molecule has 2 fully saturated rings. The van der Waals surface area contributed by atoms with Crippen molar-refractivity contribution in [3.8, 4) is 10.6 Å². The Morgan fingerprint density at radius 3 is 2.62 bits per heavy atom. The first kappa shape index (κ1) is 15.8. The maximum Gasteiger partial charge on any atom is 0.254 e. The lowest BCUT2D eigenvalue weighted by Crippen LogP contribution is -2.49. The van der Waals surface area contributed by atoms with E-state index in [1.807, 2.05) is 31.2 Å². The van der Waals surface area contributed by atoms with E-state index in [-0.39, 0.29) is 5.91 Å². The molecule has 3 nitrogen and oxygen atoms in total. The molecule has 4 rings (SSSR count). The summed E-state index contributed by atoms with van der Waals surface area (Å²) < 4.78 is 0. The van der Waals surface area contributed by atoms with Crippen molar-refractivity contribution in [3.05, 3.63) is 40.9 Å². The molecule has 2 heterocycles. The average molecular weight is 340 g/mol. The van der Waals surface area contributed by atoms with Crippen LogP contribution in [0.3, 0.4) is 0 Å². The largest absolute Gasteiger partial charge is 0.335 e. The highest BCUT2D eigenvalue weighted by Crippen LogP contribution is 2.36. The predicted octanol–water partition coefficient (Wildman–Crippen LogP) is 4.91. The van der Waals surface area contributed by atoms with Crippen LogP contribution >= 0.6 is 11.3 Å². The number of fused-ring (bicyclic) bond motifs is 1. The van der Waals surface area contributed by atoms with Crippen LogP contribution in [0.25, 0.3) is 10.6 Å². The van der Waals surface area contributed by atoms with Gasteiger partial charge in [0, 0.05) is 34.8 Å². The number of thiazole rings is 1. The molecule has 2 aromatic rings. The summed E-state index contributed by atoms with van der Waals surface area (Å²) in [5.41, 5.74) is 2.96. The van der Waals surface area contributed by atoms with E-state index >= 15 is 0 Å². The first-order valence-corrected chi connectivity index (χ1v) is 9.94. The van der Waals surface area contributed by atoms with Crippen molar-refractivity contribution in [2.24, 2.45) is 5.92 Å². The van der Waals surface area contributed by atoms with Gasteiger partial charge >= 0.3 is 0 Å². The molecule has 0 unspecified atom stereocenters. The number of carbonyl (C=O) groups excluding carboxylic acids is 1. The van der Waals surface area contributed by atoms with Crippen LogP contribution in [-0.4, -0.2) is 28.4 Å². The zero-order chi connectivity index (χ0) is 16.5. The molecular formula is C20H24N2OS. The van der Waals surface area contributed by atoms with Crippen molar-refractivity contribution < 1.29 is 4.79 Å². The number of hydrogen-bond acceptors (Lipinski definition) is 3. The van der Waals surface area contributed by atoms with Crippen molar-refractivity contribution in [1.29, 1.82) is 0 Å². The van der Waals surface area contributed by atoms with E-state index in [0.29, 0.717) is 6.04 Å². The number of rotatable bonds is 2. The van der Waals surface area contributed by atoms with Gasteiger partial charge in [-0.2, -0.15) is 0 Å². The van der Waals surface area contributed by atoms with Crippen molar-refractivity contribution in [2.75, 3.05) is 6.54 Å². The molecule has 1 aromatic carbocycles. The summed E-state index contributed by atoms with van der Waals surface area (Å²) in [7, 11) is 0. The third kappa shape index (κ3) is 3.00. The molecule has 1 saturated carbocycles. The Bertz CT molecular complexity index is 719. The van der Waals surface area contributed by atoms with Gasteiger partial charge in [0.1, 0.15) is 5.01 Å². The molecule has 24 heavy (non-hydrogen) atoms. The number of piperidine rings is 1. The van der Waals surface area contributed by atoms with E-state index in [1.165, 1.54) is 32.1 Å². The molecule has 126 valence electrons. The van der Waals surface area contributed by atoms with Gasteiger partial charge in [-0.25, -0.2) is 4.98 Å². The quantitative estimate of drug-likeness (QED) is 0.778. The highest BCUT2D eigenvalue weighted by molar-refractivity contribution is 7.13. The molecule has 0 radical (unpaired) electrons. The fourth-order valence-electron chi connectivity index (χ4n) is 4.28. The predicted molar refractivity (Wildman–Crippen MR) is 98.3 cm³/mol. The maximum absolute atomic E-state index is 13.0. The van der Waals surface area contributed by atoms with E-state index in [0.717, 1.165) is 40.7 Å². The van der Waals surface area contributed by atoms with Gasteiger partial charge in [-0.15, -0.1) is 11.3 Å². The van der Waals surface area contributed by atoms with Crippen LogP contribution in [0, 0.1) is 12.8 Å². The number of amides is 1. The zero-order valence-electron chi connectivity index (χ0n) is 14.2. The second-order valence-electron chi connectivity index (χ2n) is 7.12. The Labute approximate surface area is 147 Å². The zero-order valence-corrected chi connectivity index (χ0v) is 15.0. The van der Waals surface area contributed by atoms with E-state index < -0.39 is 0 Å². The molecule has 1 saturated heterocycles. The lowest BCUT2D eigenvalue weighted by molar-refractivity contribution is 0.0390. The summed E-state index contributed by atoms with van der Waals surface area (Å²) >= 11 is 1.65. The van der Waals surface area contributed by atoms with Gasteiger partial charge in [0.15, 0.2) is 0 Å². The number of likely N-dealkylation sites (tertiary alicyclic amines) is 1. The van der Waals surface area contributed by atoms with Crippen molar-refractivity contribution in [3.63, 3.8) is 0 Å². The van der Waals surface area contributed by atoms with Crippen LogP contribution in [0.4, 0.5) is 0 Å². The lowest BCUT2D eigenvalue weighted by atomic mass is 9.78. The van der Waals surface area contributed by atoms with Gasteiger partial charge < -0.3 is 4.90 Å². The SMILES string of the molecule is Cc1csc(-c2ccc(C(=O)N3CCC[C@H]4CCCC[C@H]43)cc2)n1. The Morgan fingerprint density at radius 1 is 1.12 bits per heavy atom. The number of benzene rings is 1. The second kappa shape index (κ2) is 6.67. The molecule has 2 aliphatic rings. The minimum atomic E-state index is 0.216. The molecule has 1 aliphatic carbocycles. The Hall–Kier alpha value is -1.68. The fourth-order valence-corrected chi connectivity index (χ4v) is 5.09. The Balaban J connectivity index is 1.53. The summed E-state index contributed by atoms with van der Waals surface area (Å²) in [5, 5.41) is 3.09. The molecule has 0 spiro atoms. The molecule has 1 aliphatic heterocycles. The number of aryl methyl sites for hydroxylation is 1. The first-order chi connectivity index (χ1) is 11.7. The minimum absolute atomic E-state index is 0.216. The molecule has 4 heteroatoms. The highest BCUT2D eigenvalue weighted by Gasteiger charge is 2.35. The molecule has 0 bridgehead atoms. The molecular weight excluding hydrogens is 316 g/mol. The normalized spacial score (nSPS) is 23.8. The van der Waals surface area contributed by atoms with E-state index in [1.54, 1.807) is 11.3 Å². The van der Waals surface area contributed by atoms with Gasteiger partial charge in [0.25, 0.3) is 5.91 Å². The van der Waals surface area contributed by atoms with Gasteiger partial charge in [0.2, 0.25) is 0 Å². The van der Waals surface area contributed by atoms with Crippen LogP contribution in [0.15, 0.2) is 29.6 Å². The molecule has 0 N–H and O–H groups in total. The third-order valence-corrected chi connectivity index (χ3v) is 6.51. The van der Waals surface area contributed by atoms with E-state index in [2.05, 4.69) is 15.3 Å². The third-order valence-electron chi connectivity index (χ3n) is 5.50. The number of hydrogen-bond donors (Lipinski definition) is 0. The summed E-state index contributed by atoms with van der Waals surface area (Å²) in [6, 6.07) is 8.49. The lowest BCUT2D eigenvalue weighted by Gasteiger charge is -2.44. The maximum atomic E-state index is 13.0. The van der Waals surface area contributed by atoms with Crippen LogP contribution in [0.2, 0.25) is 0 Å². The number of nitrogens with zero attached hydrogens (tertiary/aromatic N) is 2. The topological polar surface area (TPSA) is 33.2 Å². The van der Waals surface area contributed by atoms with Gasteiger partial charge in [-0.3, -0.25) is 4.79 Å². The van der Waals surface area contributed by atoms with Crippen LogP contribution in [0.5, 0.6) is 0 Å². The van der Waals surface area contributed by atoms with Crippen LogP contribution in [-0.2, 0) is 0 Å². The smallest absolute Gasteiger partial charge is 0.254 e. The Morgan fingerprint density at radius 2 is 1.88 bits per heavy atom. The van der Waals surface area contributed by atoms with Gasteiger partial charge in [-0.05, 0) is 50.7 Å². The van der Waals surface area contributed by atoms with Crippen molar-refractivity contribution in [2.45, 2.75) is 51.5 Å². The van der Waals surface area contributed by atoms with E-state index in [4.69, 9.17) is 0 Å². The van der Waals surface area contributed by atoms with Crippen molar-refractivity contribution in [1.82, 2.24) is 9.88 Å².